The molecular weight excluding hydrogens is 1420 g/mol. The van der Waals surface area contributed by atoms with Gasteiger partial charge in [-0.05, 0) is 110 Å². The van der Waals surface area contributed by atoms with Gasteiger partial charge in [0.1, 0.15) is 53.9 Å². The van der Waals surface area contributed by atoms with Crippen LogP contribution < -0.4 is 45.5 Å². The van der Waals surface area contributed by atoms with Crippen molar-refractivity contribution in [2.75, 3.05) is 77.2 Å². The molecule has 0 amide bonds. The highest BCUT2D eigenvalue weighted by atomic mass is 32.2. The van der Waals surface area contributed by atoms with Gasteiger partial charge in [-0.3, -0.25) is 27.4 Å². The van der Waals surface area contributed by atoms with E-state index in [-0.39, 0.29) is 57.6 Å². The Morgan fingerprint density at radius 1 is 0.446 bits per heavy atom. The number of methoxy groups -OCH3 is 3. The number of imidazole rings is 3. The molecule has 101 heavy (non-hydrogen) atoms. The quantitative estimate of drug-likeness (QED) is 0.0481. The van der Waals surface area contributed by atoms with Gasteiger partial charge >= 0.3 is 29.4 Å². The molecular formula is C65H66F10N8O15S3. The number of ether oxygens (including phenoxy) is 6. The lowest BCUT2D eigenvalue weighted by Crippen LogP contribution is -2.32. The number of benzene rings is 6. The summed E-state index contributed by atoms with van der Waals surface area (Å²) >= 11 is 0. The second-order valence-electron chi connectivity index (χ2n) is 22.5. The Labute approximate surface area is 570 Å². The van der Waals surface area contributed by atoms with Crippen molar-refractivity contribution >= 4 is 62.6 Å². The number of alkyl halides is 8. The molecule has 0 saturated carbocycles. The number of aromatic nitrogens is 6. The normalized spacial score (nSPS) is 13.0. The molecule has 0 aliphatic heterocycles. The van der Waals surface area contributed by atoms with Gasteiger partial charge in [0, 0.05) is 30.9 Å². The fraction of sp³-hybridized carbons (Fsp3) is 0.369. The molecule has 0 aliphatic carbocycles. The second kappa shape index (κ2) is 31.7. The summed E-state index contributed by atoms with van der Waals surface area (Å²) in [7, 11) is -6.83. The zero-order valence-corrected chi connectivity index (χ0v) is 57.6. The maximum Gasteiger partial charge on any atom is 0.416 e. The van der Waals surface area contributed by atoms with E-state index in [2.05, 4.69) is 0 Å². The first kappa shape index (κ1) is 78.4. The molecule has 9 rings (SSSR count). The van der Waals surface area contributed by atoms with Crippen LogP contribution in [0.3, 0.4) is 0 Å². The lowest BCUT2D eigenvalue weighted by atomic mass is 10.1. The van der Waals surface area contributed by atoms with E-state index in [4.69, 9.17) is 38.9 Å². The van der Waals surface area contributed by atoms with E-state index in [0.29, 0.717) is 69.2 Å². The topological polar surface area (TPSA) is 286 Å². The lowest BCUT2D eigenvalue weighted by Gasteiger charge is -2.20. The van der Waals surface area contributed by atoms with Gasteiger partial charge in [-0.15, -0.1) is 0 Å². The van der Waals surface area contributed by atoms with Gasteiger partial charge in [0.2, 0.25) is 0 Å². The van der Waals surface area contributed by atoms with E-state index in [9.17, 15) is 83.5 Å². The maximum atomic E-state index is 14.9. The molecule has 0 fully saturated rings. The fourth-order valence-corrected chi connectivity index (χ4v) is 14.0. The molecule has 0 spiro atoms. The van der Waals surface area contributed by atoms with Crippen molar-refractivity contribution in [3.8, 4) is 46.6 Å². The summed E-state index contributed by atoms with van der Waals surface area (Å²) in [5.41, 5.74) is -4.89. The van der Waals surface area contributed by atoms with Crippen LogP contribution in [-0.4, -0.2) is 136 Å². The fourth-order valence-electron chi connectivity index (χ4n) is 11.2. The van der Waals surface area contributed by atoms with Crippen LogP contribution in [0, 0.1) is 34.3 Å². The maximum absolute atomic E-state index is 14.9. The average Bonchev–Trinajstić information content (AvgIpc) is 1.63. The van der Waals surface area contributed by atoms with Crippen LogP contribution in [0.1, 0.15) is 66.7 Å². The van der Waals surface area contributed by atoms with Gasteiger partial charge in [-0.1, -0.05) is 18.2 Å². The Morgan fingerprint density at radius 2 is 0.782 bits per heavy atom. The molecule has 0 N–H and O–H groups in total. The number of rotatable bonds is 25. The predicted molar refractivity (Wildman–Crippen MR) is 352 cm³/mol. The third-order valence-electron chi connectivity index (χ3n) is 15.3. The minimum Gasteiger partial charge on any atom is -0.493 e. The summed E-state index contributed by atoms with van der Waals surface area (Å²) in [4.78, 5) is 39.8. The highest BCUT2D eigenvalue weighted by molar-refractivity contribution is 7.91. The van der Waals surface area contributed by atoms with Crippen LogP contribution in [0.15, 0.2) is 118 Å². The van der Waals surface area contributed by atoms with Gasteiger partial charge in [-0.25, -0.2) is 57.2 Å². The van der Waals surface area contributed by atoms with Crippen molar-refractivity contribution < 1.29 is 97.6 Å². The Kier molecular flexibility index (Phi) is 24.6. The molecule has 6 aromatic carbocycles. The first-order valence-corrected chi connectivity index (χ1v) is 36.2. The van der Waals surface area contributed by atoms with Gasteiger partial charge in [0.25, 0.3) is 6.43 Å². The highest BCUT2D eigenvalue weighted by Crippen LogP contribution is 2.39. The zero-order chi connectivity index (χ0) is 75.0. The monoisotopic (exact) mass is 1480 g/mol. The number of nitrogens with zero attached hydrogens (tertiary/aromatic N) is 8. The number of nitriles is 2. The molecule has 9 aromatic rings. The third-order valence-corrected chi connectivity index (χ3v) is 18.0. The second-order valence-corrected chi connectivity index (χ2v) is 29.0. The van der Waals surface area contributed by atoms with Crippen LogP contribution in [0.5, 0.6) is 34.5 Å². The summed E-state index contributed by atoms with van der Waals surface area (Å²) in [5, 5.41) is 18.3. The van der Waals surface area contributed by atoms with Crippen molar-refractivity contribution in [1.82, 2.24) is 27.4 Å². The third kappa shape index (κ3) is 18.4. The van der Waals surface area contributed by atoms with Crippen LogP contribution >= 0.6 is 0 Å². The summed E-state index contributed by atoms with van der Waals surface area (Å²) in [6.07, 6.45) is -9.58. The van der Waals surface area contributed by atoms with Crippen molar-refractivity contribution in [3.05, 3.63) is 174 Å². The molecule has 0 saturated heterocycles. The minimum absolute atomic E-state index is 0.0654. The van der Waals surface area contributed by atoms with Crippen molar-refractivity contribution in [3.63, 3.8) is 0 Å². The van der Waals surface area contributed by atoms with Crippen molar-refractivity contribution in [2.24, 2.45) is 0 Å². The molecule has 0 unspecified atom stereocenters. The Hall–Kier alpha value is -9.94. The molecule has 544 valence electrons. The minimum atomic E-state index is -4.78. The SMILES string of the molecule is CCOc1cc([C@H](CS(C)(=O)=O)n2c(=O)n(CC#N)c3cc(C(F)(F)F)ccc32)ccc1OC.CCOc1cc([C@H](CS(C)(=O)=O)n2c(=O)n(CC#N)c3cc(F)cc(F)c32)ccc1OC.CCOc1cc([C@H](CS(C)(=O)=O)n2c(=O)n(CC(F)F)c3cc(C(F)(F)F)ccc32)ccc1OC. The molecule has 3 atom stereocenters. The van der Waals surface area contributed by atoms with Crippen molar-refractivity contribution in [2.45, 2.75) is 77.3 Å². The van der Waals surface area contributed by atoms with Crippen LogP contribution in [-0.2, 0) is 61.5 Å². The number of hydrogen-bond donors (Lipinski definition) is 0. The number of hydrogen-bond acceptors (Lipinski definition) is 17. The standard InChI is InChI=1S/C22H23F5N2O5S.C22H22F3N3O5S.C21H21F2N3O5S/c1-4-34-19-9-13(5-8-18(19)33-2)17(12-35(3,31)32)29-15-7-6-14(22(25,26)27)10-16(15)28(21(29)30)11-20(23)24;1-4-33-20-11-14(5-8-19(20)32-2)18(13-34(3,30)31)28-16-7-6-15(22(23,24)25)12-17(16)27(10-9-26)21(28)29;1-4-31-19-9-13(5-6-18(19)30-2)17(12-32(3,28)29)26-20-15(23)10-14(22)11-16(20)25(8-7-24)21(26)27/h5-10,17,20H,4,11-12H2,1-3H3;5-8,11-12,18H,4,10,13H2,1-3H3;5-6,9-11,17H,4,8,12H2,1-3H3/t17-;18-;17-/m000/s1. The molecule has 0 aliphatic rings. The summed E-state index contributed by atoms with van der Waals surface area (Å²) in [6, 6.07) is 20.2. The van der Waals surface area contributed by atoms with E-state index in [1.807, 2.05) is 0 Å². The van der Waals surface area contributed by atoms with Crippen LogP contribution in [0.25, 0.3) is 33.1 Å². The van der Waals surface area contributed by atoms with E-state index in [1.165, 1.54) is 51.7 Å². The number of fused-ring (bicyclic) bond motifs is 3. The first-order valence-electron chi connectivity index (χ1n) is 30.0. The van der Waals surface area contributed by atoms with Crippen molar-refractivity contribution in [1.29, 1.82) is 10.5 Å². The first-order chi connectivity index (χ1) is 47.3. The Bertz CT molecular complexity index is 5190. The number of sulfone groups is 3. The summed E-state index contributed by atoms with van der Waals surface area (Å²) in [6.45, 7) is 3.89. The molecule has 0 radical (unpaired) electrons. The molecule has 23 nitrogen and oxygen atoms in total. The largest absolute Gasteiger partial charge is 0.493 e. The summed E-state index contributed by atoms with van der Waals surface area (Å²) < 4.78 is 247. The van der Waals surface area contributed by atoms with Gasteiger partial charge < -0.3 is 28.4 Å². The van der Waals surface area contributed by atoms with E-state index >= 15 is 0 Å². The lowest BCUT2D eigenvalue weighted by molar-refractivity contribution is -0.138. The smallest absolute Gasteiger partial charge is 0.416 e. The Morgan fingerprint density at radius 3 is 1.11 bits per heavy atom. The Balaban J connectivity index is 0.000000213. The molecule has 0 bridgehead atoms. The average molecular weight is 1490 g/mol. The van der Waals surface area contributed by atoms with E-state index in [0.717, 1.165) is 71.9 Å². The van der Waals surface area contributed by atoms with E-state index < -0.39 is 143 Å². The van der Waals surface area contributed by atoms with Gasteiger partial charge in [-0.2, -0.15) is 36.9 Å². The molecule has 36 heteroatoms. The predicted octanol–water partition coefficient (Wildman–Crippen LogP) is 10.2. The van der Waals surface area contributed by atoms with Crippen LogP contribution in [0.4, 0.5) is 43.9 Å². The number of halogens is 10. The van der Waals surface area contributed by atoms with Gasteiger partial charge in [0.05, 0.1) is 134 Å². The van der Waals surface area contributed by atoms with E-state index in [1.54, 1.807) is 57.2 Å². The van der Waals surface area contributed by atoms with Gasteiger partial charge in [0.15, 0.2) is 40.3 Å². The summed E-state index contributed by atoms with van der Waals surface area (Å²) in [5.74, 6) is -1.69. The zero-order valence-electron chi connectivity index (χ0n) is 55.2. The van der Waals surface area contributed by atoms with Crippen LogP contribution in [0.2, 0.25) is 0 Å². The molecule has 3 heterocycles. The highest BCUT2D eigenvalue weighted by Gasteiger charge is 2.36. The molecule has 3 aromatic heterocycles.